The highest BCUT2D eigenvalue weighted by molar-refractivity contribution is 6.19. The predicted molar refractivity (Wildman–Crippen MR) is 65.0 cm³/mol. The van der Waals surface area contributed by atoms with E-state index in [0.717, 1.165) is 25.7 Å². The Kier molecular flexibility index (Phi) is 3.33. The maximum absolute atomic E-state index is 12.1. The van der Waals surface area contributed by atoms with Crippen LogP contribution in [0.2, 0.25) is 0 Å². The van der Waals surface area contributed by atoms with E-state index in [1.165, 1.54) is 4.90 Å². The van der Waals surface area contributed by atoms with Crippen molar-refractivity contribution in [2.45, 2.75) is 45.6 Å². The standard InChI is InChI=1S/C13H20N2O2/c1-8-9(2)13(17)15(12(8)16)11-6-4-3-5-10(11)7-14/h10-11H,3-7,14H2,1-2H3. The third-order valence-electron chi connectivity index (χ3n) is 4.15. The van der Waals surface area contributed by atoms with Crippen molar-refractivity contribution in [3.63, 3.8) is 0 Å². The Morgan fingerprint density at radius 2 is 1.65 bits per heavy atom. The molecule has 0 aromatic carbocycles. The summed E-state index contributed by atoms with van der Waals surface area (Å²) in [4.78, 5) is 25.6. The molecule has 1 aliphatic carbocycles. The molecule has 1 fully saturated rings. The van der Waals surface area contributed by atoms with E-state index in [1.807, 2.05) is 0 Å². The van der Waals surface area contributed by atoms with Crippen LogP contribution in [0.3, 0.4) is 0 Å². The first-order valence-corrected chi connectivity index (χ1v) is 6.33. The summed E-state index contributed by atoms with van der Waals surface area (Å²) in [6.45, 7) is 4.02. The Hall–Kier alpha value is -1.16. The third-order valence-corrected chi connectivity index (χ3v) is 4.15. The van der Waals surface area contributed by atoms with Crippen LogP contribution in [0.1, 0.15) is 39.5 Å². The van der Waals surface area contributed by atoms with Gasteiger partial charge in [0.15, 0.2) is 0 Å². The molecule has 1 aliphatic heterocycles. The fourth-order valence-electron chi connectivity index (χ4n) is 2.88. The van der Waals surface area contributed by atoms with Gasteiger partial charge >= 0.3 is 0 Å². The van der Waals surface area contributed by atoms with Crippen LogP contribution in [-0.4, -0.2) is 29.3 Å². The van der Waals surface area contributed by atoms with Gasteiger partial charge in [0, 0.05) is 17.2 Å². The Morgan fingerprint density at radius 1 is 1.12 bits per heavy atom. The van der Waals surface area contributed by atoms with E-state index in [9.17, 15) is 9.59 Å². The fraction of sp³-hybridized carbons (Fsp3) is 0.692. The van der Waals surface area contributed by atoms with Crippen LogP contribution in [0, 0.1) is 5.92 Å². The van der Waals surface area contributed by atoms with E-state index >= 15 is 0 Å². The molecule has 0 aromatic rings. The summed E-state index contributed by atoms with van der Waals surface area (Å²) in [7, 11) is 0. The van der Waals surface area contributed by atoms with Crippen LogP contribution in [-0.2, 0) is 9.59 Å². The number of hydrogen-bond acceptors (Lipinski definition) is 3. The molecule has 0 saturated heterocycles. The molecule has 2 rings (SSSR count). The van der Waals surface area contributed by atoms with Crippen LogP contribution in [0.4, 0.5) is 0 Å². The van der Waals surface area contributed by atoms with Gasteiger partial charge in [-0.25, -0.2) is 0 Å². The second kappa shape index (κ2) is 4.61. The van der Waals surface area contributed by atoms with Crippen LogP contribution in [0.25, 0.3) is 0 Å². The molecule has 0 radical (unpaired) electrons. The SMILES string of the molecule is CC1=C(C)C(=O)N(C2CCCCC2CN)C1=O. The summed E-state index contributed by atoms with van der Waals surface area (Å²) in [5.41, 5.74) is 6.95. The number of nitrogens with zero attached hydrogens (tertiary/aromatic N) is 1. The van der Waals surface area contributed by atoms with Gasteiger partial charge in [-0.2, -0.15) is 0 Å². The summed E-state index contributed by atoms with van der Waals surface area (Å²) in [6, 6.07) is 0.0150. The van der Waals surface area contributed by atoms with Crippen molar-refractivity contribution < 1.29 is 9.59 Å². The molecule has 2 aliphatic rings. The summed E-state index contributed by atoms with van der Waals surface area (Å²) < 4.78 is 0. The van der Waals surface area contributed by atoms with Crippen molar-refractivity contribution in [1.29, 1.82) is 0 Å². The van der Waals surface area contributed by atoms with Crippen LogP contribution in [0.5, 0.6) is 0 Å². The lowest BCUT2D eigenvalue weighted by Gasteiger charge is -2.36. The van der Waals surface area contributed by atoms with Crippen molar-refractivity contribution >= 4 is 11.8 Å². The van der Waals surface area contributed by atoms with Gasteiger partial charge < -0.3 is 5.73 Å². The first-order chi connectivity index (χ1) is 8.07. The molecule has 0 aromatic heterocycles. The van der Waals surface area contributed by atoms with E-state index in [-0.39, 0.29) is 23.8 Å². The van der Waals surface area contributed by atoms with Gasteiger partial charge in [0.25, 0.3) is 11.8 Å². The number of carbonyl (C=O) groups excluding carboxylic acids is 2. The van der Waals surface area contributed by atoms with Gasteiger partial charge in [0.05, 0.1) is 0 Å². The average molecular weight is 236 g/mol. The number of carbonyl (C=O) groups is 2. The molecule has 2 amide bonds. The summed E-state index contributed by atoms with van der Waals surface area (Å²) >= 11 is 0. The molecule has 17 heavy (non-hydrogen) atoms. The lowest BCUT2D eigenvalue weighted by atomic mass is 9.83. The maximum atomic E-state index is 12.1. The first kappa shape index (κ1) is 12.3. The molecule has 4 nitrogen and oxygen atoms in total. The molecular weight excluding hydrogens is 216 g/mol. The molecule has 2 N–H and O–H groups in total. The van der Waals surface area contributed by atoms with E-state index < -0.39 is 0 Å². The van der Waals surface area contributed by atoms with Crippen molar-refractivity contribution in [2.75, 3.05) is 6.54 Å². The van der Waals surface area contributed by atoms with Crippen LogP contribution >= 0.6 is 0 Å². The normalized spacial score (nSPS) is 30.4. The largest absolute Gasteiger partial charge is 0.330 e. The zero-order valence-corrected chi connectivity index (χ0v) is 10.5. The maximum Gasteiger partial charge on any atom is 0.257 e. The highest BCUT2D eigenvalue weighted by Crippen LogP contribution is 2.32. The molecule has 94 valence electrons. The number of nitrogens with two attached hydrogens (primary N) is 1. The zero-order valence-electron chi connectivity index (χ0n) is 10.5. The lowest BCUT2D eigenvalue weighted by molar-refractivity contribution is -0.142. The minimum Gasteiger partial charge on any atom is -0.330 e. The predicted octanol–water partition coefficient (Wildman–Crippen LogP) is 1.21. The second-order valence-corrected chi connectivity index (χ2v) is 5.08. The van der Waals surface area contributed by atoms with Gasteiger partial charge in [-0.1, -0.05) is 12.8 Å². The van der Waals surface area contributed by atoms with Crippen molar-refractivity contribution in [3.8, 4) is 0 Å². The van der Waals surface area contributed by atoms with Gasteiger partial charge in [0.1, 0.15) is 0 Å². The first-order valence-electron chi connectivity index (χ1n) is 6.33. The monoisotopic (exact) mass is 236 g/mol. The highest BCUT2D eigenvalue weighted by atomic mass is 16.2. The Morgan fingerprint density at radius 3 is 2.18 bits per heavy atom. The molecule has 2 unspecified atom stereocenters. The molecule has 1 saturated carbocycles. The Balaban J connectivity index is 2.23. The van der Waals surface area contributed by atoms with E-state index in [4.69, 9.17) is 5.73 Å². The molecule has 2 atom stereocenters. The molecule has 1 heterocycles. The van der Waals surface area contributed by atoms with Gasteiger partial charge in [-0.15, -0.1) is 0 Å². The van der Waals surface area contributed by atoms with Gasteiger partial charge in [-0.3, -0.25) is 14.5 Å². The average Bonchev–Trinajstić information content (AvgIpc) is 2.54. The number of amides is 2. The third kappa shape index (κ3) is 1.90. The second-order valence-electron chi connectivity index (χ2n) is 5.08. The smallest absolute Gasteiger partial charge is 0.257 e. The topological polar surface area (TPSA) is 63.4 Å². The molecule has 0 bridgehead atoms. The van der Waals surface area contributed by atoms with Gasteiger partial charge in [-0.05, 0) is 39.2 Å². The van der Waals surface area contributed by atoms with E-state index in [2.05, 4.69) is 0 Å². The molecular formula is C13H20N2O2. The van der Waals surface area contributed by atoms with Crippen LogP contribution in [0.15, 0.2) is 11.1 Å². The minimum absolute atomic E-state index is 0.0150. The summed E-state index contributed by atoms with van der Waals surface area (Å²) in [5, 5.41) is 0. The quantitative estimate of drug-likeness (QED) is 0.733. The Labute approximate surface area is 102 Å². The molecule has 0 spiro atoms. The van der Waals surface area contributed by atoms with Crippen LogP contribution < -0.4 is 5.73 Å². The zero-order chi connectivity index (χ0) is 12.6. The highest BCUT2D eigenvalue weighted by Gasteiger charge is 2.41. The Bertz CT molecular complexity index is 363. The molecule has 4 heteroatoms. The lowest BCUT2D eigenvalue weighted by Crippen LogP contribution is -2.48. The van der Waals surface area contributed by atoms with Crippen molar-refractivity contribution in [1.82, 2.24) is 4.90 Å². The van der Waals surface area contributed by atoms with Gasteiger partial charge in [0.2, 0.25) is 0 Å². The van der Waals surface area contributed by atoms with E-state index in [1.54, 1.807) is 13.8 Å². The number of rotatable bonds is 2. The fourth-order valence-corrected chi connectivity index (χ4v) is 2.88. The minimum atomic E-state index is -0.113. The number of imide groups is 1. The van der Waals surface area contributed by atoms with E-state index in [0.29, 0.717) is 17.7 Å². The number of hydrogen-bond donors (Lipinski definition) is 1. The summed E-state index contributed by atoms with van der Waals surface area (Å²) in [6.07, 6.45) is 4.16. The van der Waals surface area contributed by atoms with Crippen molar-refractivity contribution in [2.24, 2.45) is 11.7 Å². The van der Waals surface area contributed by atoms with Crippen molar-refractivity contribution in [3.05, 3.63) is 11.1 Å². The summed E-state index contributed by atoms with van der Waals surface area (Å²) in [5.74, 6) is 0.0473.